The van der Waals surface area contributed by atoms with Crippen LogP contribution in [0.2, 0.25) is 0 Å². The lowest BCUT2D eigenvalue weighted by atomic mass is 10.2. The van der Waals surface area contributed by atoms with Gasteiger partial charge in [0.05, 0.1) is 12.1 Å². The molecule has 2 amide bonds. The van der Waals surface area contributed by atoms with E-state index in [1.165, 1.54) is 28.8 Å². The van der Waals surface area contributed by atoms with Gasteiger partial charge in [-0.15, -0.1) is 0 Å². The highest BCUT2D eigenvalue weighted by Crippen LogP contribution is 2.19. The molecule has 2 heterocycles. The highest BCUT2D eigenvalue weighted by Gasteiger charge is 2.28. The molecule has 1 unspecified atom stereocenters. The molecule has 1 fully saturated rings. The van der Waals surface area contributed by atoms with Crippen LogP contribution in [0.3, 0.4) is 0 Å². The number of fused-ring (bicyclic) bond motifs is 1. The van der Waals surface area contributed by atoms with Gasteiger partial charge in [-0.25, -0.2) is 9.18 Å². The van der Waals surface area contributed by atoms with E-state index in [2.05, 4.69) is 5.32 Å². The summed E-state index contributed by atoms with van der Waals surface area (Å²) in [7, 11) is 0. The van der Waals surface area contributed by atoms with Crippen molar-refractivity contribution in [2.75, 3.05) is 38.0 Å². The van der Waals surface area contributed by atoms with Crippen LogP contribution < -0.4 is 11.1 Å². The Morgan fingerprint density at radius 3 is 2.45 bits per heavy atom. The average Bonchev–Trinajstić information content (AvgIpc) is 3.10. The molecule has 9 heteroatoms. The second-order valence-electron chi connectivity index (χ2n) is 7.54. The first-order chi connectivity index (χ1) is 14.9. The molecule has 0 aliphatic carbocycles. The Balaban J connectivity index is 1.33. The molecule has 1 N–H and O–H groups in total. The second kappa shape index (κ2) is 8.73. The molecule has 1 aliphatic rings. The summed E-state index contributed by atoms with van der Waals surface area (Å²) in [6.45, 7) is 3.86. The van der Waals surface area contributed by atoms with E-state index in [1.807, 2.05) is 4.90 Å². The predicted molar refractivity (Wildman–Crippen MR) is 113 cm³/mol. The van der Waals surface area contributed by atoms with Crippen LogP contribution in [-0.2, 0) is 9.59 Å². The number of benzene rings is 2. The van der Waals surface area contributed by atoms with E-state index in [1.54, 1.807) is 36.1 Å². The normalized spacial score (nSPS) is 15.7. The van der Waals surface area contributed by atoms with Gasteiger partial charge < -0.3 is 14.6 Å². The van der Waals surface area contributed by atoms with Crippen LogP contribution in [0.15, 0.2) is 57.7 Å². The monoisotopic (exact) mass is 426 g/mol. The minimum absolute atomic E-state index is 0.163. The van der Waals surface area contributed by atoms with Gasteiger partial charge >= 0.3 is 5.76 Å². The van der Waals surface area contributed by atoms with Crippen molar-refractivity contribution in [3.8, 4) is 0 Å². The van der Waals surface area contributed by atoms with Crippen molar-refractivity contribution in [1.82, 2.24) is 14.4 Å². The molecule has 3 aromatic rings. The fourth-order valence-electron chi connectivity index (χ4n) is 3.79. The third-order valence-corrected chi connectivity index (χ3v) is 5.44. The van der Waals surface area contributed by atoms with Gasteiger partial charge in [0.1, 0.15) is 11.9 Å². The van der Waals surface area contributed by atoms with Gasteiger partial charge in [0.2, 0.25) is 11.8 Å². The molecule has 4 rings (SSSR count). The molecule has 0 spiro atoms. The topological polar surface area (TPSA) is 87.8 Å². The SMILES string of the molecule is CC(C(=O)N1CCN(CC(=O)Nc2ccc(F)cc2)CC1)n1c(=O)oc2ccccc21. The molecule has 1 saturated heterocycles. The smallest absolute Gasteiger partial charge is 0.408 e. The lowest BCUT2D eigenvalue weighted by Gasteiger charge is -2.35. The zero-order valence-electron chi connectivity index (χ0n) is 17.1. The van der Waals surface area contributed by atoms with Crippen molar-refractivity contribution in [3.63, 3.8) is 0 Å². The third kappa shape index (κ3) is 4.51. The molecular formula is C22H23FN4O4. The van der Waals surface area contributed by atoms with Gasteiger partial charge in [-0.2, -0.15) is 0 Å². The average molecular weight is 426 g/mol. The molecule has 31 heavy (non-hydrogen) atoms. The summed E-state index contributed by atoms with van der Waals surface area (Å²) < 4.78 is 19.6. The molecule has 1 aromatic heterocycles. The number of hydrogen-bond acceptors (Lipinski definition) is 5. The fourth-order valence-corrected chi connectivity index (χ4v) is 3.79. The lowest BCUT2D eigenvalue weighted by Crippen LogP contribution is -2.52. The minimum atomic E-state index is -0.690. The number of piperazine rings is 1. The van der Waals surface area contributed by atoms with Crippen molar-refractivity contribution in [2.45, 2.75) is 13.0 Å². The number of hydrogen-bond donors (Lipinski definition) is 1. The number of oxazole rings is 1. The van der Waals surface area contributed by atoms with E-state index < -0.39 is 11.8 Å². The van der Waals surface area contributed by atoms with E-state index >= 15 is 0 Å². The van der Waals surface area contributed by atoms with Crippen LogP contribution in [0.25, 0.3) is 11.1 Å². The van der Waals surface area contributed by atoms with Crippen molar-refractivity contribution in [2.24, 2.45) is 0 Å². The highest BCUT2D eigenvalue weighted by molar-refractivity contribution is 5.92. The van der Waals surface area contributed by atoms with Gasteiger partial charge in [0, 0.05) is 31.9 Å². The maximum absolute atomic E-state index is 13.0. The van der Waals surface area contributed by atoms with Crippen molar-refractivity contribution < 1.29 is 18.4 Å². The van der Waals surface area contributed by atoms with Crippen molar-refractivity contribution >= 4 is 28.6 Å². The predicted octanol–water partition coefficient (Wildman–Crippen LogP) is 2.08. The number of carbonyl (C=O) groups is 2. The maximum atomic E-state index is 13.0. The molecule has 1 aliphatic heterocycles. The number of para-hydroxylation sites is 2. The van der Waals surface area contributed by atoms with E-state index in [0.717, 1.165) is 0 Å². The maximum Gasteiger partial charge on any atom is 0.420 e. The van der Waals surface area contributed by atoms with Crippen molar-refractivity contribution in [1.29, 1.82) is 0 Å². The van der Waals surface area contributed by atoms with E-state index in [0.29, 0.717) is 43.0 Å². The van der Waals surface area contributed by atoms with Crippen LogP contribution in [0.4, 0.5) is 10.1 Å². The van der Waals surface area contributed by atoms with Gasteiger partial charge in [-0.1, -0.05) is 12.1 Å². The van der Waals surface area contributed by atoms with Crippen LogP contribution >= 0.6 is 0 Å². The zero-order valence-corrected chi connectivity index (χ0v) is 17.1. The summed E-state index contributed by atoms with van der Waals surface area (Å²) in [4.78, 5) is 41.1. The summed E-state index contributed by atoms with van der Waals surface area (Å²) in [5.74, 6) is -1.28. The molecule has 2 aromatic carbocycles. The van der Waals surface area contributed by atoms with Gasteiger partial charge in [0.15, 0.2) is 5.58 Å². The number of anilines is 1. The molecular weight excluding hydrogens is 403 g/mol. The Labute approximate surface area is 177 Å². The van der Waals surface area contributed by atoms with E-state index in [4.69, 9.17) is 4.42 Å². The van der Waals surface area contributed by atoms with Crippen LogP contribution in [-0.4, -0.2) is 58.9 Å². The largest absolute Gasteiger partial charge is 0.420 e. The quantitative estimate of drug-likeness (QED) is 0.675. The fraction of sp³-hybridized carbons (Fsp3) is 0.318. The van der Waals surface area contributed by atoms with Crippen molar-refractivity contribution in [3.05, 3.63) is 64.9 Å². The summed E-state index contributed by atoms with van der Waals surface area (Å²) in [5, 5.41) is 2.73. The first-order valence-electron chi connectivity index (χ1n) is 10.1. The third-order valence-electron chi connectivity index (χ3n) is 5.44. The summed E-state index contributed by atoms with van der Waals surface area (Å²) in [5.41, 5.74) is 1.57. The first-order valence-corrected chi connectivity index (χ1v) is 10.1. The Bertz CT molecular complexity index is 1150. The van der Waals surface area contributed by atoms with Gasteiger partial charge in [-0.3, -0.25) is 19.1 Å². The van der Waals surface area contributed by atoms with E-state index in [9.17, 15) is 18.8 Å². The Kier molecular flexibility index (Phi) is 5.85. The number of amides is 2. The number of nitrogens with zero attached hydrogens (tertiary/aromatic N) is 3. The molecule has 0 bridgehead atoms. The first kappa shape index (κ1) is 20.8. The van der Waals surface area contributed by atoms with Crippen LogP contribution in [0, 0.1) is 5.82 Å². The molecule has 0 saturated carbocycles. The molecule has 8 nitrogen and oxygen atoms in total. The minimum Gasteiger partial charge on any atom is -0.408 e. The van der Waals surface area contributed by atoms with Crippen LogP contribution in [0.5, 0.6) is 0 Å². The second-order valence-corrected chi connectivity index (χ2v) is 7.54. The molecule has 1 atom stereocenters. The number of carbonyl (C=O) groups excluding carboxylic acids is 2. The van der Waals surface area contributed by atoms with Gasteiger partial charge in [-0.05, 0) is 43.3 Å². The molecule has 0 radical (unpaired) electrons. The summed E-state index contributed by atoms with van der Waals surface area (Å²) in [6.07, 6.45) is 0. The zero-order chi connectivity index (χ0) is 22.0. The highest BCUT2D eigenvalue weighted by atomic mass is 19.1. The number of halogens is 1. The Morgan fingerprint density at radius 2 is 1.74 bits per heavy atom. The summed E-state index contributed by atoms with van der Waals surface area (Å²) >= 11 is 0. The van der Waals surface area contributed by atoms with Gasteiger partial charge in [0.25, 0.3) is 0 Å². The Morgan fingerprint density at radius 1 is 1.06 bits per heavy atom. The number of aromatic nitrogens is 1. The Hall–Kier alpha value is -3.46. The summed E-state index contributed by atoms with van der Waals surface area (Å²) in [6, 6.07) is 11.9. The lowest BCUT2D eigenvalue weighted by molar-refractivity contribution is -0.136. The standard InChI is InChI=1S/C22H23FN4O4/c1-15(27-18-4-2-3-5-19(18)31-22(27)30)21(29)26-12-10-25(11-13-26)14-20(28)24-17-8-6-16(23)7-9-17/h2-9,15H,10-14H2,1H3,(H,24,28). The molecule has 162 valence electrons. The van der Waals surface area contributed by atoms with E-state index in [-0.39, 0.29) is 24.2 Å². The number of rotatable bonds is 5. The van der Waals surface area contributed by atoms with Crippen LogP contribution in [0.1, 0.15) is 13.0 Å². The number of nitrogens with one attached hydrogen (secondary N) is 1.